The quantitative estimate of drug-likeness (QED) is 0.0211. The SMILES string of the molecule is CC/C=C\C/C=C\C/C=C\C/C=C\C/C=C\C/C=C\C/C=C\CCCCCCCCCCCCCCCC(=O)OC(COC(=O)CCCCCCCCCCCCCCCCCCCCC)COC(OCC[N+](C)(C)C)C(=O)O. The maximum Gasteiger partial charge on any atom is 0.361 e. The van der Waals surface area contributed by atoms with E-state index in [2.05, 4.69) is 98.9 Å². The van der Waals surface area contributed by atoms with Gasteiger partial charge in [0, 0.05) is 12.8 Å². The van der Waals surface area contributed by atoms with Crippen LogP contribution in [-0.2, 0) is 33.3 Å². The predicted molar refractivity (Wildman–Crippen MR) is 336 cm³/mol. The van der Waals surface area contributed by atoms with Crippen molar-refractivity contribution in [3.05, 3.63) is 85.1 Å². The molecule has 2 unspecified atom stereocenters. The van der Waals surface area contributed by atoms with E-state index in [1.165, 1.54) is 173 Å². The summed E-state index contributed by atoms with van der Waals surface area (Å²) in [5, 5.41) is 9.73. The molecule has 0 aliphatic heterocycles. The highest BCUT2D eigenvalue weighted by atomic mass is 16.7. The van der Waals surface area contributed by atoms with Crippen LogP contribution in [0.25, 0.3) is 0 Å². The highest BCUT2D eigenvalue weighted by molar-refractivity contribution is 5.71. The summed E-state index contributed by atoms with van der Waals surface area (Å²) in [7, 11) is 5.98. The van der Waals surface area contributed by atoms with Gasteiger partial charge in [-0.15, -0.1) is 0 Å². The minimum Gasteiger partial charge on any atom is -0.477 e. The number of likely N-dealkylation sites (N-methyl/N-ethyl adjacent to an activating group) is 1. The number of carbonyl (C=O) groups excluding carboxylic acids is 2. The lowest BCUT2D eigenvalue weighted by molar-refractivity contribution is -0.870. The molecule has 0 saturated heterocycles. The van der Waals surface area contributed by atoms with Crippen molar-refractivity contribution in [1.82, 2.24) is 0 Å². The van der Waals surface area contributed by atoms with Crippen LogP contribution in [0.15, 0.2) is 85.1 Å². The molecule has 0 amide bonds. The van der Waals surface area contributed by atoms with Crippen LogP contribution < -0.4 is 0 Å². The zero-order valence-corrected chi connectivity index (χ0v) is 52.0. The van der Waals surface area contributed by atoms with Gasteiger partial charge in [-0.05, 0) is 70.6 Å². The molecule has 9 heteroatoms. The van der Waals surface area contributed by atoms with E-state index in [1.807, 2.05) is 21.1 Å². The maximum absolute atomic E-state index is 12.9. The number of quaternary nitrogens is 1. The van der Waals surface area contributed by atoms with Crippen molar-refractivity contribution in [2.24, 2.45) is 0 Å². The summed E-state index contributed by atoms with van der Waals surface area (Å²) in [6.07, 6.45) is 78.2. The third kappa shape index (κ3) is 61.9. The lowest BCUT2D eigenvalue weighted by Crippen LogP contribution is -2.40. The van der Waals surface area contributed by atoms with Crippen molar-refractivity contribution in [1.29, 1.82) is 0 Å². The van der Waals surface area contributed by atoms with Crippen molar-refractivity contribution in [2.75, 3.05) is 47.5 Å². The normalized spacial score (nSPS) is 13.3. The lowest BCUT2D eigenvalue weighted by Gasteiger charge is -2.25. The fourth-order valence-electron chi connectivity index (χ4n) is 9.17. The van der Waals surface area contributed by atoms with Crippen LogP contribution in [0.3, 0.4) is 0 Å². The Bertz CT molecular complexity index is 1570. The summed E-state index contributed by atoms with van der Waals surface area (Å²) >= 11 is 0. The molecule has 0 aromatic rings. The largest absolute Gasteiger partial charge is 0.477 e. The third-order valence-corrected chi connectivity index (χ3v) is 14.2. The first-order valence-corrected chi connectivity index (χ1v) is 32.8. The molecule has 2 atom stereocenters. The lowest BCUT2D eigenvalue weighted by atomic mass is 10.0. The maximum atomic E-state index is 12.9. The summed E-state index contributed by atoms with van der Waals surface area (Å²) in [5.41, 5.74) is 0. The molecule has 0 heterocycles. The molecule has 79 heavy (non-hydrogen) atoms. The van der Waals surface area contributed by atoms with Crippen molar-refractivity contribution >= 4 is 17.9 Å². The smallest absolute Gasteiger partial charge is 0.361 e. The number of ether oxygens (including phenoxy) is 4. The van der Waals surface area contributed by atoms with E-state index in [4.69, 9.17) is 18.9 Å². The van der Waals surface area contributed by atoms with E-state index in [1.54, 1.807) is 0 Å². The number of esters is 2. The number of carboxylic acid groups (broad SMARTS) is 1. The molecule has 456 valence electrons. The Hall–Kier alpha value is -3.53. The minimum absolute atomic E-state index is 0.181. The minimum atomic E-state index is -1.51. The third-order valence-electron chi connectivity index (χ3n) is 14.2. The van der Waals surface area contributed by atoms with Gasteiger partial charge in [-0.3, -0.25) is 9.59 Å². The fourth-order valence-corrected chi connectivity index (χ4v) is 9.17. The summed E-state index contributed by atoms with van der Waals surface area (Å²) in [6, 6.07) is 0. The van der Waals surface area contributed by atoms with Gasteiger partial charge in [0.05, 0.1) is 34.4 Å². The van der Waals surface area contributed by atoms with Crippen molar-refractivity contribution in [3.63, 3.8) is 0 Å². The molecule has 0 aromatic carbocycles. The van der Waals surface area contributed by atoms with Gasteiger partial charge < -0.3 is 28.5 Å². The Balaban J connectivity index is 4.13. The van der Waals surface area contributed by atoms with E-state index >= 15 is 0 Å². The average Bonchev–Trinajstić information content (AvgIpc) is 3.42. The summed E-state index contributed by atoms with van der Waals surface area (Å²) in [5.74, 6) is -1.99. The summed E-state index contributed by atoms with van der Waals surface area (Å²) < 4.78 is 22.9. The second kappa shape index (κ2) is 60.6. The number of nitrogens with zero attached hydrogens (tertiary/aromatic N) is 1. The standard InChI is InChI=1S/C70H123NO8/c1-6-8-10-12-14-16-18-20-22-24-26-27-28-29-30-31-32-33-34-35-36-37-38-39-40-41-43-45-47-49-51-53-55-57-59-61-68(73)79-66(65-78-70(69(74)75)76-63-62-71(3,4)5)64-77-67(72)60-58-56-54-52-50-48-46-44-42-25-23-21-19-17-15-13-11-9-7-2/h8,10,14,16,20,22,26-27,29-30,32-33,35-36,66,70H,6-7,9,11-13,15,17-19,21,23-25,28,31,34,37-65H2,1-5H3/p+1/b10-8-,16-14-,22-20-,27-26-,30-29-,33-32-,36-35-. The first kappa shape index (κ1) is 75.5. The van der Waals surface area contributed by atoms with Gasteiger partial charge in [-0.2, -0.15) is 0 Å². The Kier molecular flexibility index (Phi) is 57.9. The first-order valence-electron chi connectivity index (χ1n) is 32.8. The zero-order chi connectivity index (χ0) is 57.6. The molecule has 0 aromatic heterocycles. The molecular weight excluding hydrogens is 983 g/mol. The molecule has 0 fully saturated rings. The fraction of sp³-hybridized carbons (Fsp3) is 0.757. The van der Waals surface area contributed by atoms with E-state index in [0.717, 1.165) is 83.5 Å². The number of aliphatic carboxylic acids is 1. The highest BCUT2D eigenvalue weighted by Gasteiger charge is 2.25. The molecule has 0 spiro atoms. The van der Waals surface area contributed by atoms with Gasteiger partial charge in [0.1, 0.15) is 13.2 Å². The number of carboxylic acids is 1. The molecule has 0 rings (SSSR count). The van der Waals surface area contributed by atoms with Crippen LogP contribution in [0, 0.1) is 0 Å². The number of allylic oxidation sites excluding steroid dienone is 14. The van der Waals surface area contributed by atoms with Crippen molar-refractivity contribution < 1.29 is 42.9 Å². The van der Waals surface area contributed by atoms with Crippen molar-refractivity contribution in [3.8, 4) is 0 Å². The van der Waals surface area contributed by atoms with Crippen LogP contribution in [0.1, 0.15) is 284 Å². The molecule has 1 N–H and O–H groups in total. The molecule has 0 saturated carbocycles. The topological polar surface area (TPSA) is 108 Å². The molecule has 0 radical (unpaired) electrons. The van der Waals surface area contributed by atoms with Gasteiger partial charge in [0.2, 0.25) is 0 Å². The molecule has 0 bridgehead atoms. The van der Waals surface area contributed by atoms with Crippen LogP contribution in [0.4, 0.5) is 0 Å². The second-order valence-electron chi connectivity index (χ2n) is 23.1. The van der Waals surface area contributed by atoms with Crippen LogP contribution in [0.2, 0.25) is 0 Å². The first-order chi connectivity index (χ1) is 38.6. The van der Waals surface area contributed by atoms with Crippen molar-refractivity contribution in [2.45, 2.75) is 296 Å². The van der Waals surface area contributed by atoms with Crippen LogP contribution in [0.5, 0.6) is 0 Å². The number of carbonyl (C=O) groups is 3. The second-order valence-corrected chi connectivity index (χ2v) is 23.1. The van der Waals surface area contributed by atoms with Gasteiger partial charge in [0.15, 0.2) is 6.10 Å². The van der Waals surface area contributed by atoms with Gasteiger partial charge in [-0.1, -0.05) is 285 Å². The van der Waals surface area contributed by atoms with E-state index in [-0.39, 0.29) is 32.2 Å². The van der Waals surface area contributed by atoms with E-state index in [9.17, 15) is 19.5 Å². The number of hydrogen-bond donors (Lipinski definition) is 1. The van der Waals surface area contributed by atoms with Crippen LogP contribution in [-0.4, -0.2) is 87.4 Å². The van der Waals surface area contributed by atoms with Crippen LogP contribution >= 0.6 is 0 Å². The van der Waals surface area contributed by atoms with Gasteiger partial charge >= 0.3 is 17.9 Å². The number of hydrogen-bond acceptors (Lipinski definition) is 7. The monoisotopic (exact) mass is 1110 g/mol. The Morgan fingerprint density at radius 1 is 0.392 bits per heavy atom. The highest BCUT2D eigenvalue weighted by Crippen LogP contribution is 2.17. The van der Waals surface area contributed by atoms with E-state index < -0.39 is 24.3 Å². The van der Waals surface area contributed by atoms with Gasteiger partial charge in [0.25, 0.3) is 6.29 Å². The number of unbranched alkanes of at least 4 members (excludes halogenated alkanes) is 31. The van der Waals surface area contributed by atoms with Gasteiger partial charge in [-0.25, -0.2) is 4.79 Å². The Morgan fingerprint density at radius 3 is 1.08 bits per heavy atom. The molecule has 9 nitrogen and oxygen atoms in total. The Labute approximate surface area is 487 Å². The molecule has 0 aliphatic rings. The average molecular weight is 1110 g/mol. The summed E-state index contributed by atoms with van der Waals surface area (Å²) in [4.78, 5) is 37.5. The number of rotatable bonds is 60. The molecule has 0 aliphatic carbocycles. The predicted octanol–water partition coefficient (Wildman–Crippen LogP) is 19.9. The summed E-state index contributed by atoms with van der Waals surface area (Å²) in [6.45, 7) is 4.80. The van der Waals surface area contributed by atoms with E-state index in [0.29, 0.717) is 17.4 Å². The zero-order valence-electron chi connectivity index (χ0n) is 52.0. The Morgan fingerprint density at radius 2 is 0.722 bits per heavy atom. The molecular formula is C70H124NO8+.